The molecule has 5 atom stereocenters. The number of aliphatic hydroxyl groups is 1. The van der Waals surface area contributed by atoms with Gasteiger partial charge < -0.3 is 33.8 Å². The lowest BCUT2D eigenvalue weighted by atomic mass is 10.0. The van der Waals surface area contributed by atoms with Crippen LogP contribution in [0.15, 0.2) is 0 Å². The molecule has 19 heteroatoms. The van der Waals surface area contributed by atoms with E-state index in [0.29, 0.717) is 31.6 Å². The number of phosphoric acid groups is 2. The topological polar surface area (TPSA) is 237 Å². The number of hydrogen-bond donors (Lipinski definition) is 3. The molecule has 86 heavy (non-hydrogen) atoms. The van der Waals surface area contributed by atoms with Crippen molar-refractivity contribution >= 4 is 39.5 Å². The fourth-order valence-corrected chi connectivity index (χ4v) is 11.6. The molecule has 2 unspecified atom stereocenters. The van der Waals surface area contributed by atoms with Gasteiger partial charge in [-0.15, -0.1) is 0 Å². The number of rotatable bonds is 66. The second-order valence-electron chi connectivity index (χ2n) is 25.2. The maximum atomic E-state index is 13.0. The molecule has 0 spiro atoms. The molecule has 0 heterocycles. The summed E-state index contributed by atoms with van der Waals surface area (Å²) in [4.78, 5) is 72.1. The third-order valence-electron chi connectivity index (χ3n) is 15.5. The van der Waals surface area contributed by atoms with Crippen LogP contribution in [-0.2, 0) is 65.4 Å². The molecular formula is C67H130O17P2. The Morgan fingerprint density at radius 3 is 0.791 bits per heavy atom. The Kier molecular flexibility index (Phi) is 58.0. The summed E-state index contributed by atoms with van der Waals surface area (Å²) in [7, 11) is -9.88. The predicted octanol–water partition coefficient (Wildman–Crippen LogP) is 18.8. The standard InChI is InChI=1S/C67H130O17P2/c1-7-9-11-13-14-15-16-17-18-19-20-21-22-23-28-33-39-45-51-66(71)84-63(56-78-65(70)50-44-38-32-27-25-24-26-30-36-41-47-59(3)4)58-82-86(75,76)80-54-61(68)53-79-85(73,74)81-57-62(55-77-64(69)49-43-35-12-10-8-2)83-67(72)52-46-40-34-29-31-37-42-48-60(5)6/h59-63,68H,7-58H2,1-6H3,(H,73,74)(H,75,76)/t61-,62+,63+/m0/s1. The van der Waals surface area contributed by atoms with Crippen LogP contribution in [0, 0.1) is 11.8 Å². The van der Waals surface area contributed by atoms with Crippen molar-refractivity contribution in [3.63, 3.8) is 0 Å². The van der Waals surface area contributed by atoms with Crippen LogP contribution in [0.3, 0.4) is 0 Å². The van der Waals surface area contributed by atoms with Crippen LogP contribution < -0.4 is 0 Å². The van der Waals surface area contributed by atoms with Gasteiger partial charge in [-0.25, -0.2) is 9.13 Å². The monoisotopic (exact) mass is 1270 g/mol. The first-order valence-electron chi connectivity index (χ1n) is 35.0. The third-order valence-corrected chi connectivity index (χ3v) is 17.4. The SMILES string of the molecule is CCCCCCCCCCCCCCCCCCCCC(=O)O[C@H](COC(=O)CCCCCCCCCCCCC(C)C)COP(=O)(O)OC[C@@H](O)COP(=O)(O)OC[C@@H](COC(=O)CCCCCCC)OC(=O)CCCCCCCCCC(C)C. The van der Waals surface area contributed by atoms with E-state index in [-0.39, 0.29) is 25.7 Å². The quantitative estimate of drug-likeness (QED) is 0.0222. The van der Waals surface area contributed by atoms with Gasteiger partial charge in [-0.3, -0.25) is 37.3 Å². The van der Waals surface area contributed by atoms with E-state index in [0.717, 1.165) is 102 Å². The van der Waals surface area contributed by atoms with Crippen molar-refractivity contribution in [1.29, 1.82) is 0 Å². The average molecular weight is 1270 g/mol. The van der Waals surface area contributed by atoms with Gasteiger partial charge in [0, 0.05) is 25.7 Å². The summed E-state index contributed by atoms with van der Waals surface area (Å²) in [5.74, 6) is -0.687. The minimum atomic E-state index is -4.95. The van der Waals surface area contributed by atoms with Crippen molar-refractivity contribution in [1.82, 2.24) is 0 Å². The summed E-state index contributed by atoms with van der Waals surface area (Å²) in [5.41, 5.74) is 0. The Hall–Kier alpha value is -1.94. The molecule has 0 aromatic carbocycles. The molecule has 0 saturated heterocycles. The summed E-state index contributed by atoms with van der Waals surface area (Å²) in [5, 5.41) is 10.5. The summed E-state index contributed by atoms with van der Waals surface area (Å²) < 4.78 is 67.9. The molecule has 0 amide bonds. The second kappa shape index (κ2) is 59.4. The minimum Gasteiger partial charge on any atom is -0.462 e. The van der Waals surface area contributed by atoms with E-state index in [1.54, 1.807) is 0 Å². The Bertz CT molecular complexity index is 1680. The molecule has 3 N–H and O–H groups in total. The van der Waals surface area contributed by atoms with Crippen molar-refractivity contribution in [2.75, 3.05) is 39.6 Å². The van der Waals surface area contributed by atoms with E-state index < -0.39 is 97.5 Å². The van der Waals surface area contributed by atoms with Crippen LogP contribution in [0.2, 0.25) is 0 Å². The Morgan fingerprint density at radius 1 is 0.314 bits per heavy atom. The fourth-order valence-electron chi connectivity index (χ4n) is 10.1. The molecule has 510 valence electrons. The smallest absolute Gasteiger partial charge is 0.462 e. The van der Waals surface area contributed by atoms with E-state index in [1.807, 2.05) is 0 Å². The van der Waals surface area contributed by atoms with Crippen LogP contribution >= 0.6 is 15.6 Å². The van der Waals surface area contributed by atoms with Gasteiger partial charge in [0.05, 0.1) is 26.4 Å². The van der Waals surface area contributed by atoms with Crippen LogP contribution in [0.4, 0.5) is 0 Å². The van der Waals surface area contributed by atoms with Gasteiger partial charge in [0.2, 0.25) is 0 Å². The molecule has 0 radical (unpaired) electrons. The van der Waals surface area contributed by atoms with Crippen molar-refractivity contribution in [3.05, 3.63) is 0 Å². The van der Waals surface area contributed by atoms with Crippen LogP contribution in [0.5, 0.6) is 0 Å². The largest absolute Gasteiger partial charge is 0.472 e. The number of carbonyl (C=O) groups is 4. The summed E-state index contributed by atoms with van der Waals surface area (Å²) in [6.07, 6.45) is 43.6. The van der Waals surface area contributed by atoms with Crippen molar-refractivity contribution in [2.24, 2.45) is 11.8 Å². The van der Waals surface area contributed by atoms with Gasteiger partial charge in [0.15, 0.2) is 12.2 Å². The van der Waals surface area contributed by atoms with Crippen LogP contribution in [0.1, 0.15) is 337 Å². The van der Waals surface area contributed by atoms with Crippen LogP contribution in [-0.4, -0.2) is 96.7 Å². The Labute approximate surface area is 524 Å². The number of unbranched alkanes of at least 4 members (excludes halogenated alkanes) is 36. The van der Waals surface area contributed by atoms with Gasteiger partial charge in [0.25, 0.3) is 0 Å². The molecule has 0 aliphatic heterocycles. The van der Waals surface area contributed by atoms with E-state index in [4.69, 9.17) is 37.0 Å². The van der Waals surface area contributed by atoms with E-state index >= 15 is 0 Å². The molecule has 17 nitrogen and oxygen atoms in total. The summed E-state index contributed by atoms with van der Waals surface area (Å²) >= 11 is 0. The lowest BCUT2D eigenvalue weighted by Crippen LogP contribution is -2.30. The van der Waals surface area contributed by atoms with Crippen LogP contribution in [0.25, 0.3) is 0 Å². The zero-order valence-corrected chi connectivity index (χ0v) is 57.4. The summed E-state index contributed by atoms with van der Waals surface area (Å²) in [6, 6.07) is 0. The summed E-state index contributed by atoms with van der Waals surface area (Å²) in [6.45, 7) is 9.36. The fraction of sp³-hybridized carbons (Fsp3) is 0.940. The number of phosphoric ester groups is 2. The number of hydrogen-bond acceptors (Lipinski definition) is 15. The van der Waals surface area contributed by atoms with Gasteiger partial charge in [-0.1, -0.05) is 286 Å². The zero-order valence-electron chi connectivity index (χ0n) is 55.6. The van der Waals surface area contributed by atoms with Gasteiger partial charge in [-0.05, 0) is 37.5 Å². The third kappa shape index (κ3) is 60.9. The molecule has 0 fully saturated rings. The van der Waals surface area contributed by atoms with Gasteiger partial charge >= 0.3 is 39.5 Å². The maximum Gasteiger partial charge on any atom is 0.472 e. The molecule has 0 aromatic rings. The minimum absolute atomic E-state index is 0.102. The zero-order chi connectivity index (χ0) is 63.6. The highest BCUT2D eigenvalue weighted by atomic mass is 31.2. The maximum absolute atomic E-state index is 13.0. The Morgan fingerprint density at radius 2 is 0.535 bits per heavy atom. The number of carbonyl (C=O) groups excluding carboxylic acids is 4. The normalized spacial score (nSPS) is 14.2. The number of esters is 4. The van der Waals surface area contributed by atoms with Gasteiger partial charge in [0.1, 0.15) is 19.3 Å². The first-order valence-corrected chi connectivity index (χ1v) is 38.0. The highest BCUT2D eigenvalue weighted by Crippen LogP contribution is 2.45. The molecule has 0 rings (SSSR count). The highest BCUT2D eigenvalue weighted by molar-refractivity contribution is 7.47. The van der Waals surface area contributed by atoms with E-state index in [2.05, 4.69) is 41.5 Å². The number of aliphatic hydroxyl groups excluding tert-OH is 1. The first kappa shape index (κ1) is 84.1. The van der Waals surface area contributed by atoms with Crippen molar-refractivity contribution < 1.29 is 80.2 Å². The molecule has 0 bridgehead atoms. The first-order chi connectivity index (χ1) is 41.4. The van der Waals surface area contributed by atoms with E-state index in [1.165, 1.54) is 148 Å². The van der Waals surface area contributed by atoms with Crippen molar-refractivity contribution in [3.8, 4) is 0 Å². The Balaban J connectivity index is 5.15. The average Bonchev–Trinajstić information content (AvgIpc) is 3.65. The number of ether oxygens (including phenoxy) is 4. The lowest BCUT2D eigenvalue weighted by molar-refractivity contribution is -0.161. The van der Waals surface area contributed by atoms with Crippen molar-refractivity contribution in [2.45, 2.75) is 355 Å². The van der Waals surface area contributed by atoms with E-state index in [9.17, 15) is 43.2 Å². The molecule has 0 aliphatic carbocycles. The molecule has 0 saturated carbocycles. The van der Waals surface area contributed by atoms with Gasteiger partial charge in [-0.2, -0.15) is 0 Å². The highest BCUT2D eigenvalue weighted by Gasteiger charge is 2.30. The molecule has 0 aromatic heterocycles. The predicted molar refractivity (Wildman–Crippen MR) is 345 cm³/mol. The lowest BCUT2D eigenvalue weighted by Gasteiger charge is -2.21. The second-order valence-corrected chi connectivity index (χ2v) is 28.1. The molecule has 0 aliphatic rings. The molecular weight excluding hydrogens is 1140 g/mol.